The summed E-state index contributed by atoms with van der Waals surface area (Å²) in [5.41, 5.74) is 0.174. The summed E-state index contributed by atoms with van der Waals surface area (Å²) in [6.07, 6.45) is -4.87. The van der Waals surface area contributed by atoms with Crippen molar-refractivity contribution in [3.05, 3.63) is 58.6 Å². The Morgan fingerprint density at radius 2 is 1.71 bits per heavy atom. The average Bonchev–Trinajstić information content (AvgIpc) is 2.68. The fourth-order valence-corrected chi connectivity index (χ4v) is 4.90. The third-order valence-electron chi connectivity index (χ3n) is 4.45. The van der Waals surface area contributed by atoms with Crippen molar-refractivity contribution in [3.63, 3.8) is 0 Å². The maximum Gasteiger partial charge on any atom is 0.573 e. The molecule has 2 rings (SSSR count). The largest absolute Gasteiger partial charge is 0.573 e. The predicted octanol–water partition coefficient (Wildman–Crippen LogP) is 4.54. The van der Waals surface area contributed by atoms with E-state index in [0.717, 1.165) is 11.0 Å². The summed E-state index contributed by atoms with van der Waals surface area (Å²) in [7, 11) is -2.53. The zero-order chi connectivity index (χ0) is 23.4. The number of carbonyl (C=O) groups excluding carboxylic acids is 1. The predicted molar refractivity (Wildman–Crippen MR) is 110 cm³/mol. The van der Waals surface area contributed by atoms with E-state index in [1.165, 1.54) is 47.8 Å². The summed E-state index contributed by atoms with van der Waals surface area (Å²) < 4.78 is 68.7. The summed E-state index contributed by atoms with van der Waals surface area (Å²) in [6, 6.07) is 9.30. The van der Waals surface area contributed by atoms with Crippen LogP contribution in [-0.4, -0.2) is 50.0 Å². The van der Waals surface area contributed by atoms with E-state index in [9.17, 15) is 26.4 Å². The van der Waals surface area contributed by atoms with Gasteiger partial charge in [-0.1, -0.05) is 43.6 Å². The monoisotopic (exact) mass is 478 g/mol. The van der Waals surface area contributed by atoms with Crippen LogP contribution in [0.1, 0.15) is 29.8 Å². The molecule has 0 saturated carbocycles. The summed E-state index contributed by atoms with van der Waals surface area (Å²) in [5, 5.41) is -0.0324. The van der Waals surface area contributed by atoms with Gasteiger partial charge in [0.15, 0.2) is 0 Å². The number of amides is 1. The van der Waals surface area contributed by atoms with Crippen molar-refractivity contribution in [3.8, 4) is 5.75 Å². The molecule has 0 atom stereocenters. The van der Waals surface area contributed by atoms with Crippen molar-refractivity contribution in [1.29, 1.82) is 0 Å². The van der Waals surface area contributed by atoms with Gasteiger partial charge >= 0.3 is 6.36 Å². The lowest BCUT2D eigenvalue weighted by molar-refractivity contribution is -0.275. The molecule has 0 unspecified atom stereocenters. The Morgan fingerprint density at radius 3 is 2.29 bits per heavy atom. The van der Waals surface area contributed by atoms with Crippen LogP contribution in [0.5, 0.6) is 5.75 Å². The number of ether oxygens (including phenoxy) is 1. The lowest BCUT2D eigenvalue weighted by Crippen LogP contribution is -2.31. The minimum Gasteiger partial charge on any atom is -0.405 e. The van der Waals surface area contributed by atoms with Gasteiger partial charge in [0.25, 0.3) is 5.91 Å². The van der Waals surface area contributed by atoms with E-state index in [1.807, 2.05) is 0 Å². The molecule has 0 radical (unpaired) electrons. The number of nitrogens with zero attached hydrogens (tertiary/aromatic N) is 2. The SMILES string of the molecule is CCN(CC)S(=O)(=O)c1cc(C(=O)N(C)Cc2ccccc2OC(F)(F)F)ccc1Cl. The van der Waals surface area contributed by atoms with E-state index in [1.54, 1.807) is 13.8 Å². The molecule has 6 nitrogen and oxygen atoms in total. The van der Waals surface area contributed by atoms with E-state index in [0.29, 0.717) is 0 Å². The highest BCUT2D eigenvalue weighted by atomic mass is 35.5. The average molecular weight is 479 g/mol. The number of benzene rings is 2. The normalized spacial score (nSPS) is 12.1. The highest BCUT2D eigenvalue weighted by Gasteiger charge is 2.32. The van der Waals surface area contributed by atoms with Crippen molar-refractivity contribution < 1.29 is 31.1 Å². The standard InChI is InChI=1S/C20H22ClF3N2O4S/c1-4-26(5-2)31(28,29)18-12-14(10-11-16(18)21)19(27)25(3)13-15-8-6-7-9-17(15)30-20(22,23)24/h6-12H,4-5,13H2,1-3H3. The van der Waals surface area contributed by atoms with Crippen LogP contribution < -0.4 is 4.74 Å². The molecule has 0 heterocycles. The molecule has 2 aromatic rings. The molecule has 0 fully saturated rings. The third-order valence-corrected chi connectivity index (χ3v) is 6.99. The first-order valence-corrected chi connectivity index (χ1v) is 11.1. The summed E-state index contributed by atoms with van der Waals surface area (Å²) in [5.74, 6) is -1.01. The Hall–Kier alpha value is -2.30. The van der Waals surface area contributed by atoms with Gasteiger partial charge in [-0.3, -0.25) is 4.79 Å². The minimum absolute atomic E-state index is 0.0324. The molecule has 0 saturated heterocycles. The van der Waals surface area contributed by atoms with Gasteiger partial charge in [-0.25, -0.2) is 8.42 Å². The lowest BCUT2D eigenvalue weighted by Gasteiger charge is -2.22. The second-order valence-corrected chi connectivity index (χ2v) is 8.86. The van der Waals surface area contributed by atoms with Crippen molar-refractivity contribution in [2.75, 3.05) is 20.1 Å². The van der Waals surface area contributed by atoms with Crippen LogP contribution >= 0.6 is 11.6 Å². The van der Waals surface area contributed by atoms with Gasteiger partial charge in [-0.15, -0.1) is 13.2 Å². The smallest absolute Gasteiger partial charge is 0.405 e. The van der Waals surface area contributed by atoms with Gasteiger partial charge in [0.1, 0.15) is 10.6 Å². The van der Waals surface area contributed by atoms with Crippen molar-refractivity contribution in [1.82, 2.24) is 9.21 Å². The number of sulfonamides is 1. The molecule has 2 aromatic carbocycles. The Kier molecular flexibility index (Phi) is 7.96. The molecule has 0 aliphatic heterocycles. The Balaban J connectivity index is 2.33. The second kappa shape index (κ2) is 9.88. The lowest BCUT2D eigenvalue weighted by atomic mass is 10.1. The van der Waals surface area contributed by atoms with Crippen LogP contribution in [-0.2, 0) is 16.6 Å². The zero-order valence-corrected chi connectivity index (χ0v) is 18.7. The number of alkyl halides is 3. The first-order chi connectivity index (χ1) is 14.4. The fourth-order valence-electron chi connectivity index (χ4n) is 2.94. The second-order valence-electron chi connectivity index (χ2n) is 6.55. The first kappa shape index (κ1) is 25.0. The Bertz CT molecular complexity index is 1040. The van der Waals surface area contributed by atoms with Crippen LogP contribution in [0.25, 0.3) is 0 Å². The number of rotatable bonds is 8. The molecule has 0 bridgehead atoms. The van der Waals surface area contributed by atoms with Crippen LogP contribution in [0.3, 0.4) is 0 Å². The maximum atomic E-state index is 12.9. The summed E-state index contributed by atoms with van der Waals surface area (Å²) in [4.78, 5) is 13.8. The van der Waals surface area contributed by atoms with Gasteiger partial charge in [-0.05, 0) is 24.3 Å². The summed E-state index contributed by atoms with van der Waals surface area (Å²) >= 11 is 6.08. The Morgan fingerprint density at radius 1 is 1.10 bits per heavy atom. The molecular formula is C20H22ClF3N2O4S. The van der Waals surface area contributed by atoms with Crippen LogP contribution in [0, 0.1) is 0 Å². The highest BCUT2D eigenvalue weighted by molar-refractivity contribution is 7.89. The fraction of sp³-hybridized carbons (Fsp3) is 0.350. The Labute approximate surface area is 184 Å². The highest BCUT2D eigenvalue weighted by Crippen LogP contribution is 2.29. The van der Waals surface area contributed by atoms with Crippen molar-refractivity contribution in [2.24, 2.45) is 0 Å². The van der Waals surface area contributed by atoms with Gasteiger partial charge in [0.2, 0.25) is 10.0 Å². The third kappa shape index (κ3) is 6.11. The molecule has 0 aliphatic rings. The maximum absolute atomic E-state index is 12.9. The number of hydrogen-bond acceptors (Lipinski definition) is 4. The molecular weight excluding hydrogens is 457 g/mol. The number of carbonyl (C=O) groups is 1. The molecule has 0 spiro atoms. The van der Waals surface area contributed by atoms with Crippen LogP contribution in [0.4, 0.5) is 13.2 Å². The minimum atomic E-state index is -4.87. The summed E-state index contributed by atoms with van der Waals surface area (Å²) in [6.45, 7) is 3.62. The quantitative estimate of drug-likeness (QED) is 0.558. The molecule has 170 valence electrons. The van der Waals surface area contributed by atoms with E-state index < -0.39 is 28.0 Å². The van der Waals surface area contributed by atoms with Crippen LogP contribution in [0.2, 0.25) is 5.02 Å². The molecule has 0 N–H and O–H groups in total. The van der Waals surface area contributed by atoms with Crippen LogP contribution in [0.15, 0.2) is 47.4 Å². The topological polar surface area (TPSA) is 66.9 Å². The molecule has 1 amide bonds. The van der Waals surface area contributed by atoms with E-state index in [-0.39, 0.29) is 40.7 Å². The van der Waals surface area contributed by atoms with Crippen molar-refractivity contribution in [2.45, 2.75) is 31.7 Å². The van der Waals surface area contributed by atoms with Gasteiger partial charge in [0, 0.05) is 37.8 Å². The molecule has 0 aromatic heterocycles. The first-order valence-electron chi connectivity index (χ1n) is 9.29. The van der Waals surface area contributed by atoms with Crippen molar-refractivity contribution >= 4 is 27.5 Å². The number of hydrogen-bond donors (Lipinski definition) is 0. The molecule has 11 heteroatoms. The molecule has 31 heavy (non-hydrogen) atoms. The number of halogens is 4. The zero-order valence-electron chi connectivity index (χ0n) is 17.1. The molecule has 0 aliphatic carbocycles. The number of para-hydroxylation sites is 1. The van der Waals surface area contributed by atoms with Gasteiger partial charge in [-0.2, -0.15) is 4.31 Å². The van der Waals surface area contributed by atoms with Gasteiger partial charge < -0.3 is 9.64 Å². The van der Waals surface area contributed by atoms with E-state index >= 15 is 0 Å². The van der Waals surface area contributed by atoms with E-state index in [2.05, 4.69) is 4.74 Å². The van der Waals surface area contributed by atoms with Gasteiger partial charge in [0.05, 0.1) is 5.02 Å². The van der Waals surface area contributed by atoms with E-state index in [4.69, 9.17) is 11.6 Å².